The molecule has 1 N–H and O–H groups in total. The number of rotatable bonds is 2. The van der Waals surface area contributed by atoms with E-state index in [4.69, 9.17) is 14.7 Å². The first-order chi connectivity index (χ1) is 18.4. The lowest BCUT2D eigenvalue weighted by Crippen LogP contribution is -2.43. The monoisotopic (exact) mass is 528 g/mol. The molecule has 2 fully saturated rings. The Hall–Kier alpha value is -3.77. The first kappa shape index (κ1) is 26.8. The molecule has 2 saturated heterocycles. The fraction of sp³-hybridized carbons (Fsp3) is 0.500. The Balaban J connectivity index is 1.45. The van der Waals surface area contributed by atoms with Crippen molar-refractivity contribution in [3.63, 3.8) is 0 Å². The van der Waals surface area contributed by atoms with E-state index in [1.165, 1.54) is 0 Å². The molecule has 2 aliphatic heterocycles. The summed E-state index contributed by atoms with van der Waals surface area (Å²) in [5.41, 5.74) is 0.463. The Kier molecular flexibility index (Phi) is 6.93. The smallest absolute Gasteiger partial charge is 0.410 e. The average Bonchev–Trinajstić information content (AvgIpc) is 3.30. The van der Waals surface area contributed by atoms with Gasteiger partial charge in [-0.1, -0.05) is 5.92 Å². The van der Waals surface area contributed by atoms with Gasteiger partial charge in [0.2, 0.25) is 0 Å². The van der Waals surface area contributed by atoms with Crippen molar-refractivity contribution in [2.45, 2.75) is 65.1 Å². The Morgan fingerprint density at radius 2 is 1.69 bits per heavy atom. The molecule has 9 heteroatoms. The van der Waals surface area contributed by atoms with Gasteiger partial charge >= 0.3 is 6.09 Å². The van der Waals surface area contributed by atoms with Crippen LogP contribution in [0.1, 0.15) is 59.6 Å². The van der Waals surface area contributed by atoms with Gasteiger partial charge in [-0.3, -0.25) is 4.98 Å². The van der Waals surface area contributed by atoms with Crippen molar-refractivity contribution in [3.05, 3.63) is 42.5 Å². The highest BCUT2D eigenvalue weighted by Gasteiger charge is 2.43. The van der Waals surface area contributed by atoms with Crippen molar-refractivity contribution in [1.29, 1.82) is 0 Å². The molecule has 0 aromatic carbocycles. The lowest BCUT2D eigenvalue weighted by molar-refractivity contribution is 0.0266. The topological polar surface area (TPSA) is 105 Å². The van der Waals surface area contributed by atoms with Crippen LogP contribution in [0.3, 0.4) is 0 Å². The number of aliphatic hydroxyl groups is 1. The molecule has 0 aliphatic carbocycles. The maximum Gasteiger partial charge on any atom is 0.410 e. The third-order valence-corrected chi connectivity index (χ3v) is 7.23. The van der Waals surface area contributed by atoms with Crippen molar-refractivity contribution in [2.75, 3.05) is 31.1 Å². The molecule has 0 atom stereocenters. The second-order valence-electron chi connectivity index (χ2n) is 12.1. The number of amides is 1. The minimum atomic E-state index is -1.15. The highest BCUT2D eigenvalue weighted by molar-refractivity contribution is 5.93. The molecule has 0 saturated carbocycles. The summed E-state index contributed by atoms with van der Waals surface area (Å²) in [5.74, 6) is 7.32. The van der Waals surface area contributed by atoms with Crippen LogP contribution in [-0.4, -0.2) is 73.4 Å². The fourth-order valence-corrected chi connectivity index (χ4v) is 5.23. The molecular weight excluding hydrogens is 492 g/mol. The predicted molar refractivity (Wildman–Crippen MR) is 150 cm³/mol. The van der Waals surface area contributed by atoms with Crippen LogP contribution in [0.2, 0.25) is 0 Å². The van der Waals surface area contributed by atoms with Gasteiger partial charge in [-0.15, -0.1) is 0 Å². The minimum Gasteiger partial charge on any atom is -0.444 e. The molecular formula is C30H36N6O3. The molecule has 0 unspecified atom stereocenters. The van der Waals surface area contributed by atoms with E-state index in [0.29, 0.717) is 17.0 Å². The molecule has 204 valence electrons. The number of pyridine rings is 2. The van der Waals surface area contributed by atoms with E-state index < -0.39 is 11.2 Å². The van der Waals surface area contributed by atoms with Crippen LogP contribution in [0.15, 0.2) is 36.8 Å². The fourth-order valence-electron chi connectivity index (χ4n) is 5.23. The maximum absolute atomic E-state index is 12.7. The molecule has 2 aliphatic rings. The Bertz CT molecular complexity index is 1420. The first-order valence-electron chi connectivity index (χ1n) is 13.5. The van der Waals surface area contributed by atoms with E-state index in [-0.39, 0.29) is 11.5 Å². The molecule has 5 rings (SSSR count). The lowest BCUT2D eigenvalue weighted by atomic mass is 9.78. The summed E-state index contributed by atoms with van der Waals surface area (Å²) in [6.07, 6.45) is 7.84. The van der Waals surface area contributed by atoms with Crippen molar-refractivity contribution in [2.24, 2.45) is 5.41 Å². The zero-order valence-corrected chi connectivity index (χ0v) is 23.4. The van der Waals surface area contributed by atoms with Crippen molar-refractivity contribution >= 4 is 22.8 Å². The maximum atomic E-state index is 12.7. The van der Waals surface area contributed by atoms with E-state index >= 15 is 0 Å². The Morgan fingerprint density at radius 3 is 2.36 bits per heavy atom. The van der Waals surface area contributed by atoms with Gasteiger partial charge < -0.3 is 19.6 Å². The second-order valence-corrected chi connectivity index (χ2v) is 12.1. The van der Waals surface area contributed by atoms with Crippen molar-refractivity contribution in [3.8, 4) is 23.2 Å². The summed E-state index contributed by atoms with van der Waals surface area (Å²) in [5, 5.41) is 11.0. The number of carbonyl (C=O) groups is 1. The minimum absolute atomic E-state index is 0.0923. The number of fused-ring (bicyclic) bond motifs is 1. The molecule has 0 bridgehead atoms. The lowest BCUT2D eigenvalue weighted by Gasteiger charge is -2.40. The Morgan fingerprint density at radius 1 is 1.00 bits per heavy atom. The third kappa shape index (κ3) is 6.12. The SMILES string of the molecule is CC(C)(O)C#Cc1nccc2c(N3CCC4(CCN(C(=O)OC(C)(C)C)C4)CC3)nc(-c3ccncc3)nc12. The van der Waals surface area contributed by atoms with Gasteiger partial charge in [-0.25, -0.2) is 19.7 Å². The summed E-state index contributed by atoms with van der Waals surface area (Å²) >= 11 is 0. The van der Waals surface area contributed by atoms with Gasteiger partial charge in [0.05, 0.1) is 0 Å². The first-order valence-corrected chi connectivity index (χ1v) is 13.5. The number of hydrogen-bond donors (Lipinski definition) is 1. The average molecular weight is 529 g/mol. The van der Waals surface area contributed by atoms with Gasteiger partial charge in [-0.05, 0) is 83.4 Å². The highest BCUT2D eigenvalue weighted by Crippen LogP contribution is 2.42. The molecule has 0 radical (unpaired) electrons. The predicted octanol–water partition coefficient (Wildman–Crippen LogP) is 4.44. The van der Waals surface area contributed by atoms with E-state index in [9.17, 15) is 9.90 Å². The van der Waals surface area contributed by atoms with Crippen LogP contribution in [0.25, 0.3) is 22.3 Å². The van der Waals surface area contributed by atoms with Crippen LogP contribution in [-0.2, 0) is 4.74 Å². The van der Waals surface area contributed by atoms with E-state index in [1.807, 2.05) is 43.9 Å². The van der Waals surface area contributed by atoms with E-state index in [0.717, 1.165) is 62.2 Å². The van der Waals surface area contributed by atoms with Gasteiger partial charge in [0.15, 0.2) is 5.82 Å². The molecule has 39 heavy (non-hydrogen) atoms. The van der Waals surface area contributed by atoms with Crippen LogP contribution in [0, 0.1) is 17.3 Å². The Labute approximate surface area is 229 Å². The molecule has 1 spiro atoms. The van der Waals surface area contributed by atoms with Crippen LogP contribution < -0.4 is 4.90 Å². The van der Waals surface area contributed by atoms with Crippen LogP contribution in [0.5, 0.6) is 0 Å². The van der Waals surface area contributed by atoms with Gasteiger partial charge in [0.25, 0.3) is 0 Å². The summed E-state index contributed by atoms with van der Waals surface area (Å²) in [7, 11) is 0. The highest BCUT2D eigenvalue weighted by atomic mass is 16.6. The van der Waals surface area contributed by atoms with E-state index in [2.05, 4.69) is 26.7 Å². The number of carbonyl (C=O) groups excluding carboxylic acids is 1. The number of ether oxygens (including phenoxy) is 1. The van der Waals surface area contributed by atoms with Gasteiger partial charge in [0, 0.05) is 55.7 Å². The van der Waals surface area contributed by atoms with Gasteiger partial charge in [-0.2, -0.15) is 0 Å². The zero-order valence-electron chi connectivity index (χ0n) is 23.4. The van der Waals surface area contributed by atoms with Crippen LogP contribution >= 0.6 is 0 Å². The van der Waals surface area contributed by atoms with Crippen LogP contribution in [0.4, 0.5) is 10.6 Å². The number of aromatic nitrogens is 4. The summed E-state index contributed by atoms with van der Waals surface area (Å²) < 4.78 is 5.62. The largest absolute Gasteiger partial charge is 0.444 e. The molecule has 5 heterocycles. The summed E-state index contributed by atoms with van der Waals surface area (Å²) in [6.45, 7) is 12.1. The summed E-state index contributed by atoms with van der Waals surface area (Å²) in [6, 6.07) is 5.71. The van der Waals surface area contributed by atoms with Gasteiger partial charge in [0.1, 0.15) is 28.2 Å². The number of piperidine rings is 1. The number of hydrogen-bond acceptors (Lipinski definition) is 8. The molecule has 3 aromatic heterocycles. The third-order valence-electron chi connectivity index (χ3n) is 7.23. The summed E-state index contributed by atoms with van der Waals surface area (Å²) in [4.78, 5) is 35.3. The molecule has 3 aromatic rings. The molecule has 1 amide bonds. The zero-order chi connectivity index (χ0) is 27.8. The van der Waals surface area contributed by atoms with Crippen molar-refractivity contribution < 1.29 is 14.6 Å². The standard InChI is InChI=1S/C30H36N6O3/c1-28(2,3)39-27(37)36-19-13-30(20-36)11-17-35(18-12-30)26-22-9-16-32-23(6-10-29(4,5)38)24(22)33-25(34-26)21-7-14-31-15-8-21/h7-9,14-16,38H,11-13,17-20H2,1-5H3. The van der Waals surface area contributed by atoms with Crippen molar-refractivity contribution in [1.82, 2.24) is 24.8 Å². The number of anilines is 1. The quantitative estimate of drug-likeness (QED) is 0.487. The number of likely N-dealkylation sites (tertiary alicyclic amines) is 1. The van der Waals surface area contributed by atoms with E-state index in [1.54, 1.807) is 32.4 Å². The molecule has 9 nitrogen and oxygen atoms in total. The number of nitrogens with zero attached hydrogens (tertiary/aromatic N) is 6. The normalized spacial score (nSPS) is 17.3. The second kappa shape index (κ2) is 10.1.